The van der Waals surface area contributed by atoms with E-state index < -0.39 is 11.9 Å². The molecule has 2 heterocycles. The molecule has 3 aromatic rings. The molecule has 6 nitrogen and oxygen atoms in total. The molecule has 0 saturated carbocycles. The summed E-state index contributed by atoms with van der Waals surface area (Å²) < 4.78 is 10.0. The lowest BCUT2D eigenvalue weighted by Gasteiger charge is -2.13. The van der Waals surface area contributed by atoms with Gasteiger partial charge in [-0.1, -0.05) is 36.4 Å². The van der Waals surface area contributed by atoms with Gasteiger partial charge >= 0.3 is 11.9 Å². The summed E-state index contributed by atoms with van der Waals surface area (Å²) in [6, 6.07) is 15.1. The molecule has 0 aliphatic carbocycles. The van der Waals surface area contributed by atoms with Gasteiger partial charge in [-0.2, -0.15) is 0 Å². The van der Waals surface area contributed by atoms with Crippen LogP contribution in [0.5, 0.6) is 0 Å². The molecule has 28 heavy (non-hydrogen) atoms. The second-order valence-electron chi connectivity index (χ2n) is 6.44. The number of hydrogen-bond acceptors (Lipinski definition) is 6. The van der Waals surface area contributed by atoms with Gasteiger partial charge in [0.15, 0.2) is 0 Å². The maximum Gasteiger partial charge on any atom is 0.341 e. The monoisotopic (exact) mass is 370 g/mol. The molecule has 0 saturated heterocycles. The molecule has 0 N–H and O–H groups in total. The SMILES string of the molecule is COC(=O)c1c(C(=O)OC)c2c(c3c1-c1ccccc1N=3)=c1ccccc1=N2. The molecule has 0 bridgehead atoms. The van der Waals surface area contributed by atoms with E-state index in [9.17, 15) is 9.59 Å². The minimum absolute atomic E-state index is 0.103. The van der Waals surface area contributed by atoms with E-state index in [4.69, 9.17) is 14.5 Å². The fraction of sp³-hybridized carbons (Fsp3) is 0.0909. The molecule has 2 aliphatic heterocycles. The summed E-state index contributed by atoms with van der Waals surface area (Å²) in [7, 11) is 2.57. The Balaban J connectivity index is 2.11. The maximum absolute atomic E-state index is 12.8. The predicted molar refractivity (Wildman–Crippen MR) is 100 cm³/mol. The smallest absolute Gasteiger partial charge is 0.341 e. The molecule has 3 aromatic carbocycles. The Bertz CT molecular complexity index is 1420. The van der Waals surface area contributed by atoms with Gasteiger partial charge < -0.3 is 9.47 Å². The molecule has 6 heteroatoms. The number of hydrogen-bond donors (Lipinski definition) is 0. The van der Waals surface area contributed by atoms with Crippen LogP contribution in [0.25, 0.3) is 11.1 Å². The number of methoxy groups -OCH3 is 2. The average molecular weight is 370 g/mol. The minimum atomic E-state index is -0.639. The number of ether oxygens (including phenoxy) is 2. The summed E-state index contributed by atoms with van der Waals surface area (Å²) in [4.78, 5) is 34.9. The molecule has 0 unspecified atom stereocenters. The van der Waals surface area contributed by atoms with E-state index >= 15 is 0 Å². The number of fused-ring (bicyclic) bond motifs is 6. The molecule has 0 aromatic heterocycles. The number of esters is 2. The standard InChI is InChI=1S/C22H14N2O4/c1-27-21(25)17-15-11-7-3-5-9-13(11)23-19(15)16-12-8-4-6-10-14(12)24-20(16)18(17)22(26)28-2/h3-10H,1-2H3. The van der Waals surface area contributed by atoms with Crippen LogP contribution in [-0.2, 0) is 9.47 Å². The van der Waals surface area contributed by atoms with Crippen LogP contribution in [0, 0.1) is 10.4 Å². The van der Waals surface area contributed by atoms with E-state index in [0.29, 0.717) is 16.6 Å². The second-order valence-corrected chi connectivity index (χ2v) is 6.44. The number of carbonyl (C=O) groups is 2. The summed E-state index contributed by atoms with van der Waals surface area (Å²) in [6.45, 7) is 0. The van der Waals surface area contributed by atoms with Crippen LogP contribution in [0.4, 0.5) is 11.4 Å². The summed E-state index contributed by atoms with van der Waals surface area (Å²) in [5, 5.41) is 2.94. The zero-order valence-electron chi connectivity index (χ0n) is 15.1. The van der Waals surface area contributed by atoms with Gasteiger partial charge in [0.25, 0.3) is 0 Å². The summed E-state index contributed by atoms with van der Waals surface area (Å²) >= 11 is 0. The van der Waals surface area contributed by atoms with Crippen LogP contribution in [0.2, 0.25) is 0 Å². The van der Waals surface area contributed by atoms with E-state index in [-0.39, 0.29) is 11.1 Å². The first-order valence-electron chi connectivity index (χ1n) is 8.68. The Hall–Kier alpha value is -3.80. The second kappa shape index (κ2) is 5.85. The van der Waals surface area contributed by atoms with Crippen molar-refractivity contribution in [3.05, 3.63) is 80.8 Å². The number of nitrogens with zero attached hydrogens (tertiary/aromatic N) is 2. The van der Waals surface area contributed by atoms with E-state index in [1.165, 1.54) is 14.2 Å². The Morgan fingerprint density at radius 1 is 0.821 bits per heavy atom. The summed E-state index contributed by atoms with van der Waals surface area (Å²) in [6.07, 6.45) is 0. The zero-order valence-corrected chi connectivity index (χ0v) is 15.1. The van der Waals surface area contributed by atoms with Gasteiger partial charge in [-0.05, 0) is 12.1 Å². The highest BCUT2D eigenvalue weighted by Crippen LogP contribution is 2.40. The topological polar surface area (TPSA) is 77.3 Å². The third-order valence-corrected chi connectivity index (χ3v) is 5.04. The fourth-order valence-electron chi connectivity index (χ4n) is 3.88. The van der Waals surface area contributed by atoms with Crippen molar-refractivity contribution in [1.29, 1.82) is 0 Å². The lowest BCUT2D eigenvalue weighted by atomic mass is 9.92. The largest absolute Gasteiger partial charge is 0.465 e. The number of rotatable bonds is 2. The molecule has 0 radical (unpaired) electrons. The van der Waals surface area contributed by atoms with E-state index in [1.54, 1.807) is 0 Å². The van der Waals surface area contributed by atoms with E-state index in [1.807, 2.05) is 48.5 Å². The van der Waals surface area contributed by atoms with Gasteiger partial charge in [0.05, 0.1) is 41.9 Å². The number of benzene rings is 3. The van der Waals surface area contributed by atoms with Crippen molar-refractivity contribution in [3.63, 3.8) is 0 Å². The van der Waals surface area contributed by atoms with Crippen LogP contribution < -0.4 is 10.7 Å². The first kappa shape index (κ1) is 16.4. The van der Waals surface area contributed by atoms with Crippen molar-refractivity contribution in [2.24, 2.45) is 9.98 Å². The van der Waals surface area contributed by atoms with E-state index in [2.05, 4.69) is 4.99 Å². The van der Waals surface area contributed by atoms with Gasteiger partial charge in [-0.15, -0.1) is 0 Å². The van der Waals surface area contributed by atoms with Crippen molar-refractivity contribution in [2.75, 3.05) is 14.2 Å². The van der Waals surface area contributed by atoms with Crippen LogP contribution in [0.3, 0.4) is 0 Å². The van der Waals surface area contributed by atoms with Crippen molar-refractivity contribution >= 4 is 23.3 Å². The Kier molecular flexibility index (Phi) is 3.42. The molecule has 136 valence electrons. The summed E-state index contributed by atoms with van der Waals surface area (Å²) in [5.41, 5.74) is 2.71. The van der Waals surface area contributed by atoms with Gasteiger partial charge in [0.1, 0.15) is 5.56 Å². The minimum Gasteiger partial charge on any atom is -0.465 e. The highest BCUT2D eigenvalue weighted by atomic mass is 16.5. The number of para-hydroxylation sites is 2. The molecule has 2 aliphatic rings. The molecule has 0 spiro atoms. The van der Waals surface area contributed by atoms with E-state index in [0.717, 1.165) is 27.0 Å². The van der Waals surface area contributed by atoms with Crippen molar-refractivity contribution in [3.8, 4) is 11.1 Å². The highest BCUT2D eigenvalue weighted by Gasteiger charge is 2.33. The fourth-order valence-corrected chi connectivity index (χ4v) is 3.88. The van der Waals surface area contributed by atoms with Gasteiger partial charge in [-0.3, -0.25) is 0 Å². The lowest BCUT2D eigenvalue weighted by Crippen LogP contribution is -2.20. The predicted octanol–water partition coefficient (Wildman–Crippen LogP) is 2.74. The molecular weight excluding hydrogens is 356 g/mol. The Morgan fingerprint density at radius 3 is 2.29 bits per heavy atom. The molecule has 0 fully saturated rings. The van der Waals surface area contributed by atoms with Crippen molar-refractivity contribution in [2.45, 2.75) is 0 Å². The molecule has 5 rings (SSSR count). The third kappa shape index (κ3) is 2.02. The molecule has 0 atom stereocenters. The van der Waals surface area contributed by atoms with Crippen molar-refractivity contribution in [1.82, 2.24) is 0 Å². The maximum atomic E-state index is 12.8. The lowest BCUT2D eigenvalue weighted by molar-refractivity contribution is 0.0556. The van der Waals surface area contributed by atoms with Crippen LogP contribution in [0.1, 0.15) is 20.7 Å². The first-order valence-corrected chi connectivity index (χ1v) is 8.68. The number of carbonyl (C=O) groups excluding carboxylic acids is 2. The third-order valence-electron chi connectivity index (χ3n) is 5.04. The first-order chi connectivity index (χ1) is 13.7. The van der Waals surface area contributed by atoms with Gasteiger partial charge in [0, 0.05) is 21.6 Å². The molecular formula is C22H14N2O4. The Morgan fingerprint density at radius 2 is 1.50 bits per heavy atom. The molecule has 0 amide bonds. The van der Waals surface area contributed by atoms with Crippen molar-refractivity contribution < 1.29 is 19.1 Å². The van der Waals surface area contributed by atoms with Crippen LogP contribution in [-0.4, -0.2) is 26.2 Å². The highest BCUT2D eigenvalue weighted by molar-refractivity contribution is 6.12. The van der Waals surface area contributed by atoms with Gasteiger partial charge in [0.2, 0.25) is 0 Å². The summed E-state index contributed by atoms with van der Waals surface area (Å²) in [5.74, 6) is -1.27. The average Bonchev–Trinajstić information content (AvgIpc) is 3.30. The quantitative estimate of drug-likeness (QED) is 0.448. The Labute approximate surface area is 159 Å². The van der Waals surface area contributed by atoms with Gasteiger partial charge in [-0.25, -0.2) is 19.6 Å². The zero-order chi connectivity index (χ0) is 19.4. The normalized spacial score (nSPS) is 12.1. The van der Waals surface area contributed by atoms with Crippen LogP contribution in [0.15, 0.2) is 58.5 Å². The van der Waals surface area contributed by atoms with Crippen LogP contribution >= 0.6 is 0 Å².